The van der Waals surface area contributed by atoms with Crippen molar-refractivity contribution in [1.82, 2.24) is 5.32 Å². The Labute approximate surface area is 182 Å². The number of rotatable bonds is 7. The van der Waals surface area contributed by atoms with Crippen molar-refractivity contribution >= 4 is 17.5 Å². The molecule has 8 nitrogen and oxygen atoms in total. The van der Waals surface area contributed by atoms with Crippen molar-refractivity contribution < 1.29 is 37.3 Å². The SMILES string of the molecule is COc1cc(C(=O)NCC(=O)Nc2ccc3c(c2)OC2(CCCC2)O3)ccc1OC(F)F. The van der Waals surface area contributed by atoms with Crippen LogP contribution in [-0.2, 0) is 4.79 Å². The maximum atomic E-state index is 12.4. The van der Waals surface area contributed by atoms with E-state index in [1.807, 2.05) is 0 Å². The Hall–Kier alpha value is -3.56. The molecule has 1 aliphatic heterocycles. The fraction of sp³-hybridized carbons (Fsp3) is 0.364. The van der Waals surface area contributed by atoms with Crippen molar-refractivity contribution in [2.24, 2.45) is 0 Å². The number of halogens is 2. The standard InChI is InChI=1S/C22H22F2N2O6/c1-29-17-10-13(4-6-15(17)30-21(23)24)20(28)25-12-19(27)26-14-5-7-16-18(11-14)32-22(31-16)8-2-3-9-22/h4-7,10-11,21H,2-3,8-9,12H2,1H3,(H,25,28)(H,26,27). The van der Waals surface area contributed by atoms with Gasteiger partial charge in [0, 0.05) is 30.2 Å². The molecule has 1 heterocycles. The summed E-state index contributed by atoms with van der Waals surface area (Å²) in [6.07, 6.45) is 3.75. The Morgan fingerprint density at radius 3 is 2.53 bits per heavy atom. The summed E-state index contributed by atoms with van der Waals surface area (Å²) in [7, 11) is 1.27. The molecule has 170 valence electrons. The molecule has 2 aromatic carbocycles. The third-order valence-corrected chi connectivity index (χ3v) is 5.24. The lowest BCUT2D eigenvalue weighted by molar-refractivity contribution is -0.115. The summed E-state index contributed by atoms with van der Waals surface area (Å²) in [4.78, 5) is 24.6. The number of alkyl halides is 2. The van der Waals surface area contributed by atoms with Crippen molar-refractivity contribution in [3.8, 4) is 23.0 Å². The van der Waals surface area contributed by atoms with Gasteiger partial charge in [0.2, 0.25) is 5.91 Å². The monoisotopic (exact) mass is 448 g/mol. The molecule has 10 heteroatoms. The summed E-state index contributed by atoms with van der Waals surface area (Å²) in [6, 6.07) is 8.87. The van der Waals surface area contributed by atoms with Crippen molar-refractivity contribution in [1.29, 1.82) is 0 Å². The number of hydrogen-bond acceptors (Lipinski definition) is 6. The van der Waals surface area contributed by atoms with Crippen LogP contribution in [0.15, 0.2) is 36.4 Å². The number of ether oxygens (including phenoxy) is 4. The number of methoxy groups -OCH3 is 1. The number of carbonyl (C=O) groups is 2. The number of carbonyl (C=O) groups excluding carboxylic acids is 2. The Kier molecular flexibility index (Phi) is 6.02. The highest BCUT2D eigenvalue weighted by Gasteiger charge is 2.44. The molecule has 0 bridgehead atoms. The first-order valence-corrected chi connectivity index (χ1v) is 10.1. The van der Waals surface area contributed by atoms with Crippen LogP contribution in [0.25, 0.3) is 0 Å². The van der Waals surface area contributed by atoms with E-state index in [1.54, 1.807) is 18.2 Å². The summed E-state index contributed by atoms with van der Waals surface area (Å²) in [5.74, 6) is -0.607. The molecule has 1 aliphatic carbocycles. The van der Waals surface area contributed by atoms with Crippen LogP contribution in [0.1, 0.15) is 36.0 Å². The van der Waals surface area contributed by atoms with Gasteiger partial charge < -0.3 is 29.6 Å². The third kappa shape index (κ3) is 4.68. The Morgan fingerprint density at radius 1 is 1.06 bits per heavy atom. The van der Waals surface area contributed by atoms with E-state index in [0.29, 0.717) is 17.2 Å². The van der Waals surface area contributed by atoms with Crippen molar-refractivity contribution in [2.75, 3.05) is 19.0 Å². The zero-order valence-corrected chi connectivity index (χ0v) is 17.3. The molecule has 1 saturated carbocycles. The molecule has 1 fully saturated rings. The molecular formula is C22H22F2N2O6. The summed E-state index contributed by atoms with van der Waals surface area (Å²) in [5.41, 5.74) is 0.637. The van der Waals surface area contributed by atoms with Gasteiger partial charge in [0.1, 0.15) is 0 Å². The zero-order chi connectivity index (χ0) is 22.7. The minimum atomic E-state index is -3.02. The Morgan fingerprint density at radius 2 is 1.81 bits per heavy atom. The second-order valence-corrected chi connectivity index (χ2v) is 7.46. The third-order valence-electron chi connectivity index (χ3n) is 5.24. The van der Waals surface area contributed by atoms with Gasteiger partial charge in [-0.2, -0.15) is 8.78 Å². The van der Waals surface area contributed by atoms with E-state index >= 15 is 0 Å². The highest BCUT2D eigenvalue weighted by atomic mass is 19.3. The van der Waals surface area contributed by atoms with Gasteiger partial charge in [0.25, 0.3) is 11.7 Å². The molecule has 0 unspecified atom stereocenters. The van der Waals surface area contributed by atoms with Crippen molar-refractivity contribution in [2.45, 2.75) is 38.1 Å². The summed E-state index contributed by atoms with van der Waals surface area (Å²) >= 11 is 0. The summed E-state index contributed by atoms with van der Waals surface area (Å²) < 4.78 is 46.1. The fourth-order valence-electron chi connectivity index (χ4n) is 3.76. The molecule has 32 heavy (non-hydrogen) atoms. The predicted molar refractivity (Wildman–Crippen MR) is 109 cm³/mol. The van der Waals surface area contributed by atoms with E-state index in [1.165, 1.54) is 25.3 Å². The van der Waals surface area contributed by atoms with E-state index in [9.17, 15) is 18.4 Å². The topological polar surface area (TPSA) is 95.1 Å². The predicted octanol–water partition coefficient (Wildman–Crippen LogP) is 3.71. The molecule has 2 aromatic rings. The fourth-order valence-corrected chi connectivity index (χ4v) is 3.76. The second-order valence-electron chi connectivity index (χ2n) is 7.46. The zero-order valence-electron chi connectivity index (χ0n) is 17.3. The van der Waals surface area contributed by atoms with E-state index in [2.05, 4.69) is 15.4 Å². The highest BCUT2D eigenvalue weighted by Crippen LogP contribution is 2.47. The van der Waals surface area contributed by atoms with E-state index in [0.717, 1.165) is 25.7 Å². The van der Waals surface area contributed by atoms with Crippen LogP contribution in [0.5, 0.6) is 23.0 Å². The van der Waals surface area contributed by atoms with Crippen LogP contribution in [0.4, 0.5) is 14.5 Å². The first-order chi connectivity index (χ1) is 15.4. The van der Waals surface area contributed by atoms with Crippen LogP contribution in [0.3, 0.4) is 0 Å². The van der Waals surface area contributed by atoms with Gasteiger partial charge in [-0.05, 0) is 43.2 Å². The lowest BCUT2D eigenvalue weighted by Crippen LogP contribution is -2.34. The molecule has 0 atom stereocenters. The summed E-state index contributed by atoms with van der Waals surface area (Å²) in [6.45, 7) is -3.32. The van der Waals surface area contributed by atoms with E-state index < -0.39 is 24.2 Å². The van der Waals surface area contributed by atoms with E-state index in [4.69, 9.17) is 14.2 Å². The smallest absolute Gasteiger partial charge is 0.387 e. The van der Waals surface area contributed by atoms with Gasteiger partial charge >= 0.3 is 6.61 Å². The normalized spacial score (nSPS) is 15.6. The van der Waals surface area contributed by atoms with Crippen LogP contribution < -0.4 is 29.6 Å². The largest absolute Gasteiger partial charge is 0.493 e. The number of hydrogen-bond donors (Lipinski definition) is 2. The Balaban J connectivity index is 1.32. The van der Waals surface area contributed by atoms with Gasteiger partial charge in [-0.25, -0.2) is 0 Å². The van der Waals surface area contributed by atoms with Gasteiger partial charge in [-0.3, -0.25) is 9.59 Å². The van der Waals surface area contributed by atoms with Crippen LogP contribution >= 0.6 is 0 Å². The average Bonchev–Trinajstić information content (AvgIpc) is 3.37. The Bertz CT molecular complexity index is 1020. The van der Waals surface area contributed by atoms with Crippen LogP contribution in [0, 0.1) is 0 Å². The number of benzene rings is 2. The molecule has 0 aromatic heterocycles. The molecule has 2 aliphatic rings. The molecule has 4 rings (SSSR count). The van der Waals surface area contributed by atoms with Crippen LogP contribution in [-0.4, -0.2) is 37.9 Å². The molecule has 2 N–H and O–H groups in total. The molecule has 2 amide bonds. The number of anilines is 1. The lowest BCUT2D eigenvalue weighted by atomic mass is 10.2. The maximum absolute atomic E-state index is 12.4. The number of amides is 2. The maximum Gasteiger partial charge on any atom is 0.387 e. The quantitative estimate of drug-likeness (QED) is 0.671. The van der Waals surface area contributed by atoms with Crippen molar-refractivity contribution in [3.05, 3.63) is 42.0 Å². The number of fused-ring (bicyclic) bond motifs is 1. The average molecular weight is 448 g/mol. The van der Waals surface area contributed by atoms with Gasteiger partial charge in [0.15, 0.2) is 23.0 Å². The van der Waals surface area contributed by atoms with Gasteiger partial charge in [-0.15, -0.1) is 0 Å². The second kappa shape index (κ2) is 8.89. The lowest BCUT2D eigenvalue weighted by Gasteiger charge is -2.21. The number of nitrogens with one attached hydrogen (secondary N) is 2. The van der Waals surface area contributed by atoms with Crippen molar-refractivity contribution in [3.63, 3.8) is 0 Å². The molecule has 0 saturated heterocycles. The molecular weight excluding hydrogens is 426 g/mol. The first kappa shape index (κ1) is 21.7. The van der Waals surface area contributed by atoms with Gasteiger partial charge in [0.05, 0.1) is 13.7 Å². The van der Waals surface area contributed by atoms with E-state index in [-0.39, 0.29) is 23.6 Å². The summed E-state index contributed by atoms with van der Waals surface area (Å²) in [5, 5.41) is 5.16. The molecule has 0 radical (unpaired) electrons. The minimum absolute atomic E-state index is 0.0252. The van der Waals surface area contributed by atoms with Gasteiger partial charge in [-0.1, -0.05) is 0 Å². The van der Waals surface area contributed by atoms with Crippen LogP contribution in [0.2, 0.25) is 0 Å². The minimum Gasteiger partial charge on any atom is -0.493 e. The first-order valence-electron chi connectivity index (χ1n) is 10.1. The molecule has 1 spiro atoms. The highest BCUT2D eigenvalue weighted by molar-refractivity contribution is 5.99.